The zero-order chi connectivity index (χ0) is 27.0. The van der Waals surface area contributed by atoms with Crippen LogP contribution < -0.4 is 9.64 Å². The molecular weight excluding hydrogens is 488 g/mol. The Hall–Kier alpha value is -4.15. The van der Waals surface area contributed by atoms with Gasteiger partial charge in [0.15, 0.2) is 0 Å². The molecule has 198 valence electrons. The number of methoxy groups -OCH3 is 1. The number of rotatable bonds is 7. The van der Waals surface area contributed by atoms with Crippen molar-refractivity contribution >= 4 is 17.6 Å². The van der Waals surface area contributed by atoms with Crippen molar-refractivity contribution in [2.75, 3.05) is 31.6 Å². The summed E-state index contributed by atoms with van der Waals surface area (Å²) < 4.78 is 5.35. The number of benzene rings is 3. The second-order valence-electron chi connectivity index (χ2n) is 10.9. The molecule has 3 aromatic carbocycles. The SMILES string of the molecule is COc1cccc(N2C(=O)N(CC3CC3)C3(CCN(Cc4ccc(-c5cccc(C#N)c5)cc4)CC3)C2=O)c1. The minimum atomic E-state index is -0.783. The second-order valence-corrected chi connectivity index (χ2v) is 10.9. The number of nitriles is 1. The summed E-state index contributed by atoms with van der Waals surface area (Å²) in [6, 6.07) is 25.3. The van der Waals surface area contributed by atoms with E-state index in [9.17, 15) is 14.9 Å². The van der Waals surface area contributed by atoms with Gasteiger partial charge in [0.2, 0.25) is 0 Å². The molecule has 0 aromatic heterocycles. The third-order valence-electron chi connectivity index (χ3n) is 8.36. The lowest BCUT2D eigenvalue weighted by Crippen LogP contribution is -2.56. The smallest absolute Gasteiger partial charge is 0.332 e. The van der Waals surface area contributed by atoms with Gasteiger partial charge in [-0.3, -0.25) is 9.69 Å². The van der Waals surface area contributed by atoms with Crippen LogP contribution in [-0.2, 0) is 11.3 Å². The van der Waals surface area contributed by atoms with Crippen molar-refractivity contribution in [3.05, 3.63) is 83.9 Å². The lowest BCUT2D eigenvalue weighted by atomic mass is 9.85. The molecule has 3 aliphatic rings. The van der Waals surface area contributed by atoms with Crippen LogP contribution in [-0.4, -0.2) is 54.0 Å². The van der Waals surface area contributed by atoms with Crippen molar-refractivity contribution in [3.8, 4) is 22.9 Å². The molecule has 2 saturated heterocycles. The van der Waals surface area contributed by atoms with E-state index in [1.165, 1.54) is 10.5 Å². The maximum absolute atomic E-state index is 14.0. The zero-order valence-electron chi connectivity index (χ0n) is 22.2. The average molecular weight is 521 g/mol. The molecule has 2 aliphatic heterocycles. The molecule has 0 N–H and O–H groups in total. The Kier molecular flexibility index (Phi) is 6.58. The highest BCUT2D eigenvalue weighted by Crippen LogP contribution is 2.43. The van der Waals surface area contributed by atoms with E-state index in [4.69, 9.17) is 4.74 Å². The standard InChI is InChI=1S/C32H32N4O3/c1-39-29-7-3-6-28(19-29)36-30(37)32(35(31(36)38)22-24-8-9-24)14-16-34(17-15-32)21-23-10-12-26(13-11-23)27-5-2-4-25(18-27)20-33/h2-7,10-13,18-19,24H,8-9,14-17,21-22H2,1H3. The minimum Gasteiger partial charge on any atom is -0.497 e. The van der Waals surface area contributed by atoms with Crippen molar-refractivity contribution < 1.29 is 14.3 Å². The van der Waals surface area contributed by atoms with Gasteiger partial charge in [-0.25, -0.2) is 9.69 Å². The van der Waals surface area contributed by atoms with Crippen molar-refractivity contribution in [1.29, 1.82) is 5.26 Å². The van der Waals surface area contributed by atoms with E-state index in [1.807, 2.05) is 47.4 Å². The lowest BCUT2D eigenvalue weighted by Gasteiger charge is -2.42. The summed E-state index contributed by atoms with van der Waals surface area (Å²) in [5.74, 6) is 1.01. The fourth-order valence-electron chi connectivity index (χ4n) is 5.90. The molecule has 0 bridgehead atoms. The molecule has 3 fully saturated rings. The van der Waals surface area contributed by atoms with Crippen LogP contribution in [0.25, 0.3) is 11.1 Å². The largest absolute Gasteiger partial charge is 0.497 e. The molecule has 3 aromatic rings. The third kappa shape index (κ3) is 4.77. The van der Waals surface area contributed by atoms with Gasteiger partial charge >= 0.3 is 6.03 Å². The van der Waals surface area contributed by atoms with Crippen molar-refractivity contribution in [3.63, 3.8) is 0 Å². The van der Waals surface area contributed by atoms with Gasteiger partial charge in [0.05, 0.1) is 24.4 Å². The van der Waals surface area contributed by atoms with Gasteiger partial charge in [-0.1, -0.05) is 42.5 Å². The minimum absolute atomic E-state index is 0.106. The first-order valence-corrected chi connectivity index (χ1v) is 13.6. The summed E-state index contributed by atoms with van der Waals surface area (Å²) in [6.07, 6.45) is 3.50. The maximum atomic E-state index is 14.0. The summed E-state index contributed by atoms with van der Waals surface area (Å²) in [4.78, 5) is 33.3. The third-order valence-corrected chi connectivity index (χ3v) is 8.36. The number of hydrogen-bond acceptors (Lipinski definition) is 5. The van der Waals surface area contributed by atoms with Gasteiger partial charge in [-0.2, -0.15) is 5.26 Å². The fourth-order valence-corrected chi connectivity index (χ4v) is 5.90. The van der Waals surface area contributed by atoms with Gasteiger partial charge < -0.3 is 9.64 Å². The highest BCUT2D eigenvalue weighted by Gasteiger charge is 2.59. The number of carbonyl (C=O) groups excluding carboxylic acids is 2. The number of urea groups is 1. The summed E-state index contributed by atoms with van der Waals surface area (Å²) in [6.45, 7) is 2.94. The summed E-state index contributed by atoms with van der Waals surface area (Å²) >= 11 is 0. The monoisotopic (exact) mass is 520 g/mol. The molecule has 6 rings (SSSR count). The quantitative estimate of drug-likeness (QED) is 0.388. The lowest BCUT2D eigenvalue weighted by molar-refractivity contribution is -0.127. The second kappa shape index (κ2) is 10.2. The Labute approximate surface area is 229 Å². The molecule has 7 nitrogen and oxygen atoms in total. The predicted molar refractivity (Wildman–Crippen MR) is 149 cm³/mol. The summed E-state index contributed by atoms with van der Waals surface area (Å²) in [7, 11) is 1.59. The van der Waals surface area contributed by atoms with Crippen LogP contribution in [0.15, 0.2) is 72.8 Å². The number of carbonyl (C=O) groups is 2. The Morgan fingerprint density at radius 2 is 1.69 bits per heavy atom. The van der Waals surface area contributed by atoms with E-state index in [1.54, 1.807) is 13.2 Å². The van der Waals surface area contributed by atoms with Gasteiger partial charge in [0.25, 0.3) is 5.91 Å². The van der Waals surface area contributed by atoms with Crippen LogP contribution in [0.3, 0.4) is 0 Å². The Bertz CT molecular complexity index is 1430. The number of imide groups is 1. The molecule has 1 aliphatic carbocycles. The topological polar surface area (TPSA) is 76.9 Å². The molecule has 3 amide bonds. The van der Waals surface area contributed by atoms with Crippen LogP contribution >= 0.6 is 0 Å². The normalized spacial score (nSPS) is 19.0. The number of anilines is 1. The average Bonchev–Trinajstić information content (AvgIpc) is 3.78. The molecule has 1 saturated carbocycles. The number of amides is 3. The molecule has 39 heavy (non-hydrogen) atoms. The summed E-state index contributed by atoms with van der Waals surface area (Å²) in [5.41, 5.74) is 3.75. The molecule has 0 atom stereocenters. The number of piperidine rings is 1. The highest BCUT2D eigenvalue weighted by atomic mass is 16.5. The molecule has 0 unspecified atom stereocenters. The van der Waals surface area contributed by atoms with Crippen LogP contribution in [0.5, 0.6) is 5.75 Å². The van der Waals surface area contributed by atoms with Crippen LogP contribution in [0.2, 0.25) is 0 Å². The number of ether oxygens (including phenoxy) is 1. The molecule has 7 heteroatoms. The molecule has 2 heterocycles. The van der Waals surface area contributed by atoms with E-state index in [0.717, 1.165) is 43.6 Å². The molecular formula is C32H32N4O3. The Morgan fingerprint density at radius 3 is 2.38 bits per heavy atom. The van der Waals surface area contributed by atoms with Crippen LogP contribution in [0.4, 0.5) is 10.5 Å². The number of nitrogens with zero attached hydrogens (tertiary/aromatic N) is 4. The first-order chi connectivity index (χ1) is 19.0. The van der Waals surface area contributed by atoms with Crippen LogP contribution in [0, 0.1) is 17.2 Å². The van der Waals surface area contributed by atoms with E-state index < -0.39 is 5.54 Å². The van der Waals surface area contributed by atoms with Gasteiger partial charge in [-0.15, -0.1) is 0 Å². The molecule has 0 radical (unpaired) electrons. The Balaban J connectivity index is 1.17. The maximum Gasteiger partial charge on any atom is 0.332 e. The van der Waals surface area contributed by atoms with E-state index >= 15 is 0 Å². The highest BCUT2D eigenvalue weighted by molar-refractivity contribution is 6.23. The van der Waals surface area contributed by atoms with Gasteiger partial charge in [0, 0.05) is 32.2 Å². The fraction of sp³-hybridized carbons (Fsp3) is 0.344. The van der Waals surface area contributed by atoms with Crippen LogP contribution in [0.1, 0.15) is 36.8 Å². The first kappa shape index (κ1) is 25.1. The number of likely N-dealkylation sites (tertiary alicyclic amines) is 1. The van der Waals surface area contributed by atoms with Gasteiger partial charge in [-0.05, 0) is 72.6 Å². The van der Waals surface area contributed by atoms with Crippen molar-refractivity contribution in [1.82, 2.24) is 9.80 Å². The van der Waals surface area contributed by atoms with Crippen molar-refractivity contribution in [2.24, 2.45) is 5.92 Å². The number of hydrogen-bond donors (Lipinski definition) is 0. The molecule has 1 spiro atoms. The predicted octanol–water partition coefficient (Wildman–Crippen LogP) is 5.45. The Morgan fingerprint density at radius 1 is 0.949 bits per heavy atom. The van der Waals surface area contributed by atoms with Gasteiger partial charge in [0.1, 0.15) is 11.3 Å². The zero-order valence-corrected chi connectivity index (χ0v) is 22.2. The first-order valence-electron chi connectivity index (χ1n) is 13.6. The van der Waals surface area contributed by atoms with E-state index in [0.29, 0.717) is 42.3 Å². The van der Waals surface area contributed by atoms with E-state index in [2.05, 4.69) is 35.2 Å². The van der Waals surface area contributed by atoms with Crippen molar-refractivity contribution in [2.45, 2.75) is 37.8 Å². The summed E-state index contributed by atoms with van der Waals surface area (Å²) in [5, 5.41) is 9.19. The van der Waals surface area contributed by atoms with E-state index in [-0.39, 0.29) is 11.9 Å².